The lowest BCUT2D eigenvalue weighted by Crippen LogP contribution is -2.28. The number of aromatic nitrogens is 4. The molecule has 130 valence electrons. The van der Waals surface area contributed by atoms with Gasteiger partial charge in [0.15, 0.2) is 5.13 Å². The largest absolute Gasteiger partial charge is 0.338 e. The highest BCUT2D eigenvalue weighted by Crippen LogP contribution is 2.35. The normalized spacial score (nSPS) is 10.8. The molecule has 0 aliphatic carbocycles. The van der Waals surface area contributed by atoms with E-state index in [4.69, 9.17) is 0 Å². The molecule has 3 aromatic heterocycles. The van der Waals surface area contributed by atoms with Crippen molar-refractivity contribution >= 4 is 32.7 Å². The van der Waals surface area contributed by atoms with Crippen molar-refractivity contribution in [2.45, 2.75) is 6.92 Å². The smallest absolute Gasteiger partial charge is 0.321 e. The summed E-state index contributed by atoms with van der Waals surface area (Å²) in [5, 5.41) is 10.4. The molecule has 2 amide bonds. The van der Waals surface area contributed by atoms with E-state index in [1.54, 1.807) is 17.1 Å². The zero-order valence-electron chi connectivity index (χ0n) is 14.0. The highest BCUT2D eigenvalue weighted by molar-refractivity contribution is 7.22. The molecule has 0 aliphatic heterocycles. The second kappa shape index (κ2) is 6.93. The average molecular weight is 364 g/mol. The monoisotopic (exact) mass is 364 g/mol. The first-order chi connectivity index (χ1) is 12.7. The maximum absolute atomic E-state index is 11.8. The molecule has 0 radical (unpaired) electrons. The van der Waals surface area contributed by atoms with E-state index < -0.39 is 0 Å². The van der Waals surface area contributed by atoms with Crippen molar-refractivity contribution in [3.05, 3.63) is 55.1 Å². The molecule has 3 heterocycles. The van der Waals surface area contributed by atoms with Crippen molar-refractivity contribution < 1.29 is 4.79 Å². The molecular formula is C18H16N6OS. The number of carbonyl (C=O) groups excluding carboxylic acids is 1. The van der Waals surface area contributed by atoms with Gasteiger partial charge in [0.25, 0.3) is 0 Å². The van der Waals surface area contributed by atoms with Crippen LogP contribution < -0.4 is 10.6 Å². The predicted octanol–water partition coefficient (Wildman–Crippen LogP) is 3.69. The number of amides is 2. The zero-order valence-corrected chi connectivity index (χ0v) is 14.8. The third-order valence-corrected chi connectivity index (χ3v) is 4.78. The summed E-state index contributed by atoms with van der Waals surface area (Å²) in [6, 6.07) is 9.56. The van der Waals surface area contributed by atoms with Crippen LogP contribution in [0.5, 0.6) is 0 Å². The Morgan fingerprint density at radius 1 is 1.23 bits per heavy atom. The number of carbonyl (C=O) groups is 1. The quantitative estimate of drug-likeness (QED) is 0.578. The van der Waals surface area contributed by atoms with Crippen LogP contribution >= 0.6 is 11.3 Å². The molecule has 0 fully saturated rings. The molecule has 7 nitrogen and oxygen atoms in total. The standard InChI is InChI=1S/C18H16N6OS/c1-2-20-17(25)23-18-22-14-9-13(12-5-3-6-19-11-12)10-15(16(14)26-18)24-8-4-7-21-24/h3-11H,2H2,1H3,(H2,20,22,23,25). The summed E-state index contributed by atoms with van der Waals surface area (Å²) in [7, 11) is 0. The van der Waals surface area contributed by atoms with E-state index in [9.17, 15) is 4.79 Å². The van der Waals surface area contributed by atoms with Crippen LogP contribution in [0.2, 0.25) is 0 Å². The number of anilines is 1. The van der Waals surface area contributed by atoms with Gasteiger partial charge in [-0.1, -0.05) is 17.4 Å². The second-order valence-corrected chi connectivity index (χ2v) is 6.54. The van der Waals surface area contributed by atoms with E-state index in [1.165, 1.54) is 11.3 Å². The minimum Gasteiger partial charge on any atom is -0.338 e. The number of hydrogen-bond donors (Lipinski definition) is 2. The fraction of sp³-hybridized carbons (Fsp3) is 0.111. The Morgan fingerprint density at radius 2 is 2.15 bits per heavy atom. The second-order valence-electron chi connectivity index (χ2n) is 5.54. The lowest BCUT2D eigenvalue weighted by Gasteiger charge is -2.07. The molecule has 0 atom stereocenters. The number of hydrogen-bond acceptors (Lipinski definition) is 5. The molecule has 0 saturated heterocycles. The fourth-order valence-electron chi connectivity index (χ4n) is 2.65. The van der Waals surface area contributed by atoms with Gasteiger partial charge in [-0.2, -0.15) is 5.10 Å². The van der Waals surface area contributed by atoms with E-state index in [-0.39, 0.29) is 6.03 Å². The van der Waals surface area contributed by atoms with Crippen LogP contribution in [-0.2, 0) is 0 Å². The van der Waals surface area contributed by atoms with Crippen LogP contribution in [0.1, 0.15) is 6.92 Å². The average Bonchev–Trinajstić information content (AvgIpc) is 3.31. The molecule has 0 unspecified atom stereocenters. The highest BCUT2D eigenvalue weighted by atomic mass is 32.1. The highest BCUT2D eigenvalue weighted by Gasteiger charge is 2.14. The molecular weight excluding hydrogens is 348 g/mol. The van der Waals surface area contributed by atoms with E-state index in [1.807, 2.05) is 43.6 Å². The molecule has 0 aliphatic rings. The van der Waals surface area contributed by atoms with Crippen molar-refractivity contribution in [2.75, 3.05) is 11.9 Å². The summed E-state index contributed by atoms with van der Waals surface area (Å²) < 4.78 is 2.75. The number of nitrogens with one attached hydrogen (secondary N) is 2. The van der Waals surface area contributed by atoms with Gasteiger partial charge in [0.05, 0.1) is 15.9 Å². The Hall–Kier alpha value is -3.26. The number of pyridine rings is 1. The summed E-state index contributed by atoms with van der Waals surface area (Å²) >= 11 is 1.42. The number of urea groups is 1. The van der Waals surface area contributed by atoms with Gasteiger partial charge in [0.1, 0.15) is 0 Å². The van der Waals surface area contributed by atoms with E-state index in [2.05, 4.69) is 31.8 Å². The van der Waals surface area contributed by atoms with Crippen LogP contribution in [0, 0.1) is 0 Å². The lowest BCUT2D eigenvalue weighted by molar-refractivity contribution is 0.252. The van der Waals surface area contributed by atoms with Crippen LogP contribution in [-0.4, -0.2) is 32.3 Å². The number of benzene rings is 1. The molecule has 0 saturated carbocycles. The van der Waals surface area contributed by atoms with E-state index in [0.29, 0.717) is 11.7 Å². The van der Waals surface area contributed by atoms with Crippen LogP contribution in [0.25, 0.3) is 27.0 Å². The Balaban J connectivity index is 1.85. The molecule has 0 spiro atoms. The minimum atomic E-state index is -0.264. The van der Waals surface area contributed by atoms with Crippen molar-refractivity contribution in [1.82, 2.24) is 25.1 Å². The topological polar surface area (TPSA) is 84.7 Å². The molecule has 2 N–H and O–H groups in total. The first-order valence-electron chi connectivity index (χ1n) is 8.14. The molecule has 26 heavy (non-hydrogen) atoms. The molecule has 0 bridgehead atoms. The summed E-state index contributed by atoms with van der Waals surface area (Å²) in [6.45, 7) is 2.42. The van der Waals surface area contributed by atoms with Crippen molar-refractivity contribution in [3.8, 4) is 16.8 Å². The maximum atomic E-state index is 11.8. The minimum absolute atomic E-state index is 0.264. The van der Waals surface area contributed by atoms with Crippen molar-refractivity contribution in [3.63, 3.8) is 0 Å². The molecule has 1 aromatic carbocycles. The van der Waals surface area contributed by atoms with Gasteiger partial charge in [-0.3, -0.25) is 10.3 Å². The third-order valence-electron chi connectivity index (χ3n) is 3.77. The van der Waals surface area contributed by atoms with Crippen molar-refractivity contribution in [2.24, 2.45) is 0 Å². The van der Waals surface area contributed by atoms with E-state index >= 15 is 0 Å². The van der Waals surface area contributed by atoms with Gasteiger partial charge in [-0.05, 0) is 36.8 Å². The lowest BCUT2D eigenvalue weighted by atomic mass is 10.1. The Bertz CT molecular complexity index is 1040. The summed E-state index contributed by atoms with van der Waals surface area (Å²) in [5.74, 6) is 0. The van der Waals surface area contributed by atoms with Crippen LogP contribution in [0.15, 0.2) is 55.1 Å². The van der Waals surface area contributed by atoms with Gasteiger partial charge >= 0.3 is 6.03 Å². The number of rotatable bonds is 4. The summed E-state index contributed by atoms with van der Waals surface area (Å²) in [6.07, 6.45) is 7.18. The summed E-state index contributed by atoms with van der Waals surface area (Å²) in [5.41, 5.74) is 3.70. The van der Waals surface area contributed by atoms with Crippen molar-refractivity contribution in [1.29, 1.82) is 0 Å². The van der Waals surface area contributed by atoms with Crippen LogP contribution in [0.3, 0.4) is 0 Å². The summed E-state index contributed by atoms with van der Waals surface area (Å²) in [4.78, 5) is 20.6. The predicted molar refractivity (Wildman–Crippen MR) is 103 cm³/mol. The SMILES string of the molecule is CCNC(=O)Nc1nc2cc(-c3cccnc3)cc(-n3cccn3)c2s1. The number of fused-ring (bicyclic) bond motifs is 1. The zero-order chi connectivity index (χ0) is 17.9. The first-order valence-corrected chi connectivity index (χ1v) is 8.96. The van der Waals surface area contributed by atoms with Gasteiger partial charge < -0.3 is 5.32 Å². The number of thiazole rings is 1. The van der Waals surface area contributed by atoms with E-state index in [0.717, 1.165) is 27.0 Å². The first kappa shape index (κ1) is 16.2. The Kier molecular flexibility index (Phi) is 4.32. The van der Waals surface area contributed by atoms with Gasteiger partial charge in [-0.15, -0.1) is 0 Å². The molecule has 4 aromatic rings. The third kappa shape index (κ3) is 3.14. The fourth-order valence-corrected chi connectivity index (χ4v) is 3.60. The molecule has 8 heteroatoms. The maximum Gasteiger partial charge on any atom is 0.321 e. The van der Waals surface area contributed by atoms with Gasteiger partial charge in [0.2, 0.25) is 0 Å². The Labute approximate surface area is 153 Å². The van der Waals surface area contributed by atoms with Gasteiger partial charge in [0, 0.05) is 36.9 Å². The Morgan fingerprint density at radius 3 is 2.88 bits per heavy atom. The number of nitrogens with zero attached hydrogens (tertiary/aromatic N) is 4. The van der Waals surface area contributed by atoms with Gasteiger partial charge in [-0.25, -0.2) is 14.5 Å². The van der Waals surface area contributed by atoms with Crippen LogP contribution in [0.4, 0.5) is 9.93 Å². The molecule has 4 rings (SSSR count).